The lowest BCUT2D eigenvalue weighted by Crippen LogP contribution is -2.33. The highest BCUT2D eigenvalue weighted by Crippen LogP contribution is 2.25. The monoisotopic (exact) mass is 464 g/mol. The van der Waals surface area contributed by atoms with Crippen LogP contribution in [0.25, 0.3) is 11.0 Å². The van der Waals surface area contributed by atoms with Crippen LogP contribution in [0, 0.1) is 6.92 Å². The molecule has 4 rings (SSSR count). The first-order valence-corrected chi connectivity index (χ1v) is 11.4. The van der Waals surface area contributed by atoms with Gasteiger partial charge >= 0.3 is 0 Å². The zero-order valence-electron chi connectivity index (χ0n) is 17.3. The van der Waals surface area contributed by atoms with Gasteiger partial charge in [0, 0.05) is 22.0 Å². The highest BCUT2D eigenvalue weighted by Gasteiger charge is 2.14. The summed E-state index contributed by atoms with van der Waals surface area (Å²) >= 11 is 7.61. The van der Waals surface area contributed by atoms with Gasteiger partial charge in [-0.2, -0.15) is 0 Å². The number of fused-ring (bicyclic) bond motifs is 1. The molecule has 162 valence electrons. The number of aromatic amines is 1. The quantitative estimate of drug-likeness (QED) is 0.329. The van der Waals surface area contributed by atoms with E-state index in [0.29, 0.717) is 22.0 Å². The van der Waals surface area contributed by atoms with E-state index in [2.05, 4.69) is 20.6 Å². The van der Waals surface area contributed by atoms with Gasteiger partial charge < -0.3 is 15.6 Å². The number of nitrogens with zero attached hydrogens (tertiary/aromatic N) is 1. The third kappa shape index (κ3) is 5.12. The first-order valence-electron chi connectivity index (χ1n) is 10.00. The van der Waals surface area contributed by atoms with Crippen molar-refractivity contribution in [3.8, 4) is 0 Å². The molecule has 2 amide bonds. The molecule has 0 saturated heterocycles. The number of carbonyl (C=O) groups is 2. The number of thioether (sulfide) groups is 1. The predicted molar refractivity (Wildman–Crippen MR) is 129 cm³/mol. The zero-order valence-corrected chi connectivity index (χ0v) is 18.9. The Bertz CT molecular complexity index is 1250. The van der Waals surface area contributed by atoms with E-state index in [0.717, 1.165) is 27.3 Å². The molecule has 0 fully saturated rings. The van der Waals surface area contributed by atoms with Crippen molar-refractivity contribution in [3.05, 3.63) is 88.4 Å². The Kier molecular flexibility index (Phi) is 6.78. The third-order valence-electron chi connectivity index (χ3n) is 4.95. The summed E-state index contributed by atoms with van der Waals surface area (Å²) in [5, 5.41) is 6.84. The van der Waals surface area contributed by atoms with E-state index >= 15 is 0 Å². The lowest BCUT2D eigenvalue weighted by Gasteiger charge is -2.11. The minimum atomic E-state index is -0.321. The van der Waals surface area contributed by atoms with Gasteiger partial charge in [-0.1, -0.05) is 59.8 Å². The van der Waals surface area contributed by atoms with E-state index < -0.39 is 0 Å². The molecule has 0 radical (unpaired) electrons. The maximum atomic E-state index is 12.8. The van der Waals surface area contributed by atoms with Gasteiger partial charge in [0.1, 0.15) is 0 Å². The molecule has 0 aliphatic heterocycles. The maximum Gasteiger partial charge on any atom is 0.252 e. The van der Waals surface area contributed by atoms with Crippen LogP contribution >= 0.6 is 23.4 Å². The SMILES string of the molecule is Cc1c(Cl)cccc1NC(=O)CNC(=O)c1ccccc1CSc1nc2ccccc2[nH]1. The van der Waals surface area contributed by atoms with Crippen molar-refractivity contribution >= 4 is 51.9 Å². The van der Waals surface area contributed by atoms with Crippen LogP contribution < -0.4 is 10.6 Å². The van der Waals surface area contributed by atoms with Crippen LogP contribution in [0.15, 0.2) is 71.9 Å². The minimum Gasteiger partial charge on any atom is -0.343 e. The average Bonchev–Trinajstić information content (AvgIpc) is 3.22. The number of amides is 2. The molecule has 0 bridgehead atoms. The fourth-order valence-corrected chi connectivity index (χ4v) is 4.27. The Hall–Kier alpha value is -3.29. The number of rotatable bonds is 7. The molecule has 32 heavy (non-hydrogen) atoms. The molecule has 6 nitrogen and oxygen atoms in total. The summed E-state index contributed by atoms with van der Waals surface area (Å²) in [5.74, 6) is -0.0567. The molecule has 3 aromatic carbocycles. The molecule has 0 aliphatic rings. The number of para-hydroxylation sites is 2. The molecule has 3 N–H and O–H groups in total. The number of imidazole rings is 1. The van der Waals surface area contributed by atoms with Crippen LogP contribution in [0.5, 0.6) is 0 Å². The largest absolute Gasteiger partial charge is 0.343 e. The molecule has 0 spiro atoms. The smallest absolute Gasteiger partial charge is 0.252 e. The number of halogens is 1. The molecule has 1 aromatic heterocycles. The second-order valence-electron chi connectivity index (χ2n) is 7.15. The Morgan fingerprint density at radius 3 is 2.66 bits per heavy atom. The van der Waals surface area contributed by atoms with E-state index in [9.17, 15) is 9.59 Å². The van der Waals surface area contributed by atoms with Crippen molar-refractivity contribution in [1.82, 2.24) is 15.3 Å². The van der Waals surface area contributed by atoms with Gasteiger partial charge in [0.25, 0.3) is 5.91 Å². The van der Waals surface area contributed by atoms with E-state index in [4.69, 9.17) is 11.6 Å². The van der Waals surface area contributed by atoms with Crippen molar-refractivity contribution < 1.29 is 9.59 Å². The van der Waals surface area contributed by atoms with Crippen molar-refractivity contribution in [2.75, 3.05) is 11.9 Å². The summed E-state index contributed by atoms with van der Waals surface area (Å²) in [4.78, 5) is 32.9. The van der Waals surface area contributed by atoms with Crippen LogP contribution in [0.2, 0.25) is 5.02 Å². The average molecular weight is 465 g/mol. The number of hydrogen-bond donors (Lipinski definition) is 3. The Morgan fingerprint density at radius 2 is 1.81 bits per heavy atom. The molecule has 0 saturated carbocycles. The molecule has 1 heterocycles. The minimum absolute atomic E-state index is 0.143. The predicted octanol–water partition coefficient (Wildman–Crippen LogP) is 5.19. The summed E-state index contributed by atoms with van der Waals surface area (Å²) in [5.41, 5.74) is 4.68. The number of aromatic nitrogens is 2. The highest BCUT2D eigenvalue weighted by molar-refractivity contribution is 7.98. The maximum absolute atomic E-state index is 12.8. The van der Waals surface area contributed by atoms with Crippen LogP contribution in [-0.2, 0) is 10.5 Å². The van der Waals surface area contributed by atoms with Gasteiger partial charge in [-0.25, -0.2) is 4.98 Å². The molecule has 0 atom stereocenters. The summed E-state index contributed by atoms with van der Waals surface area (Å²) < 4.78 is 0. The number of anilines is 1. The normalized spacial score (nSPS) is 10.8. The number of H-pyrrole nitrogens is 1. The lowest BCUT2D eigenvalue weighted by atomic mass is 10.1. The first-order chi connectivity index (χ1) is 15.5. The Balaban J connectivity index is 1.37. The molecule has 0 unspecified atom stereocenters. The second-order valence-corrected chi connectivity index (χ2v) is 8.52. The molecule has 8 heteroatoms. The first kappa shape index (κ1) is 21.9. The van der Waals surface area contributed by atoms with E-state index in [1.807, 2.05) is 43.3 Å². The van der Waals surface area contributed by atoms with Gasteiger partial charge in [-0.05, 0) is 48.4 Å². The zero-order chi connectivity index (χ0) is 22.5. The van der Waals surface area contributed by atoms with Gasteiger partial charge in [0.15, 0.2) is 5.16 Å². The van der Waals surface area contributed by atoms with Crippen molar-refractivity contribution in [2.24, 2.45) is 0 Å². The summed E-state index contributed by atoms with van der Waals surface area (Å²) in [7, 11) is 0. The third-order valence-corrected chi connectivity index (χ3v) is 6.28. The lowest BCUT2D eigenvalue weighted by molar-refractivity contribution is -0.115. The van der Waals surface area contributed by atoms with Gasteiger partial charge in [0.05, 0.1) is 17.6 Å². The van der Waals surface area contributed by atoms with Gasteiger partial charge in [-0.15, -0.1) is 0 Å². The number of nitrogens with one attached hydrogen (secondary N) is 3. The fourth-order valence-electron chi connectivity index (χ4n) is 3.20. The second kappa shape index (κ2) is 9.89. The molecular formula is C24H21ClN4O2S. The Morgan fingerprint density at radius 1 is 1.03 bits per heavy atom. The topological polar surface area (TPSA) is 86.9 Å². The van der Waals surface area contributed by atoms with Crippen molar-refractivity contribution in [1.29, 1.82) is 0 Å². The van der Waals surface area contributed by atoms with E-state index in [-0.39, 0.29) is 18.4 Å². The Labute approximate surface area is 194 Å². The van der Waals surface area contributed by atoms with E-state index in [1.54, 1.807) is 30.3 Å². The molecular weight excluding hydrogens is 444 g/mol. The van der Waals surface area contributed by atoms with Crippen molar-refractivity contribution in [3.63, 3.8) is 0 Å². The number of benzene rings is 3. The van der Waals surface area contributed by atoms with Gasteiger partial charge in [0.2, 0.25) is 5.91 Å². The highest BCUT2D eigenvalue weighted by atomic mass is 35.5. The van der Waals surface area contributed by atoms with Crippen LogP contribution in [0.3, 0.4) is 0 Å². The number of hydrogen-bond acceptors (Lipinski definition) is 4. The number of carbonyl (C=O) groups excluding carboxylic acids is 2. The molecule has 0 aliphatic carbocycles. The molecule has 4 aromatic rings. The summed E-state index contributed by atoms with van der Waals surface area (Å²) in [6.45, 7) is 1.68. The van der Waals surface area contributed by atoms with Crippen LogP contribution in [-0.4, -0.2) is 28.3 Å². The van der Waals surface area contributed by atoms with Crippen molar-refractivity contribution in [2.45, 2.75) is 17.8 Å². The summed E-state index contributed by atoms with van der Waals surface area (Å²) in [6.07, 6.45) is 0. The van der Waals surface area contributed by atoms with Crippen LogP contribution in [0.4, 0.5) is 5.69 Å². The fraction of sp³-hybridized carbons (Fsp3) is 0.125. The van der Waals surface area contributed by atoms with E-state index in [1.165, 1.54) is 11.8 Å². The summed E-state index contributed by atoms with van der Waals surface area (Å²) in [6, 6.07) is 20.5. The van der Waals surface area contributed by atoms with Crippen LogP contribution in [0.1, 0.15) is 21.5 Å². The van der Waals surface area contributed by atoms with Gasteiger partial charge in [-0.3, -0.25) is 9.59 Å². The standard InChI is InChI=1S/C24H21ClN4O2S/c1-15-18(25)9-6-12-19(15)27-22(30)13-26-23(31)17-8-3-2-7-16(17)14-32-24-28-20-10-4-5-11-21(20)29-24/h2-12H,13-14H2,1H3,(H,26,31)(H,27,30)(H,28,29).